The van der Waals surface area contributed by atoms with Crippen molar-refractivity contribution in [3.8, 4) is 0 Å². The van der Waals surface area contributed by atoms with Crippen LogP contribution in [0.15, 0.2) is 0 Å². The molecule has 1 N–H and O–H groups in total. The molecule has 0 aliphatic heterocycles. The zero-order valence-corrected chi connectivity index (χ0v) is 13.9. The van der Waals surface area contributed by atoms with Crippen LogP contribution in [0.1, 0.15) is 29.6 Å². The molecule has 5 rings (SSSR count). The van der Waals surface area contributed by atoms with Gasteiger partial charge in [0.15, 0.2) is 5.65 Å². The SMILES string of the molecule is Cc1nc2c3c4c(sc3n3c(=S)[nH]nc3n2n1)CC[C@H](C)C4. The molecule has 0 saturated carbocycles. The van der Waals surface area contributed by atoms with Gasteiger partial charge in [-0.15, -0.1) is 21.5 Å². The number of aromatic amines is 1. The summed E-state index contributed by atoms with van der Waals surface area (Å²) in [5.74, 6) is 2.18. The van der Waals surface area contributed by atoms with E-state index in [2.05, 4.69) is 27.2 Å². The zero-order valence-electron chi connectivity index (χ0n) is 12.3. The lowest BCUT2D eigenvalue weighted by Crippen LogP contribution is -2.09. The first-order valence-electron chi connectivity index (χ1n) is 7.40. The maximum atomic E-state index is 5.44. The van der Waals surface area contributed by atoms with Crippen molar-refractivity contribution in [2.75, 3.05) is 0 Å². The van der Waals surface area contributed by atoms with Gasteiger partial charge in [0, 0.05) is 4.88 Å². The molecule has 4 aromatic rings. The molecule has 0 unspecified atom stereocenters. The summed E-state index contributed by atoms with van der Waals surface area (Å²) in [6.07, 6.45) is 3.50. The van der Waals surface area contributed by atoms with Crippen LogP contribution in [-0.2, 0) is 12.8 Å². The van der Waals surface area contributed by atoms with E-state index in [1.165, 1.54) is 22.2 Å². The Morgan fingerprint density at radius 2 is 2.27 bits per heavy atom. The van der Waals surface area contributed by atoms with Gasteiger partial charge in [-0.2, -0.15) is 4.52 Å². The van der Waals surface area contributed by atoms with Gasteiger partial charge in [0.2, 0.25) is 4.77 Å². The van der Waals surface area contributed by atoms with Crippen LogP contribution in [0, 0.1) is 17.6 Å². The molecule has 4 heterocycles. The van der Waals surface area contributed by atoms with Gasteiger partial charge in [0.25, 0.3) is 5.78 Å². The number of thiophene rings is 1. The Bertz CT molecular complexity index is 1110. The minimum absolute atomic E-state index is 0.613. The van der Waals surface area contributed by atoms with E-state index in [1.807, 2.05) is 27.2 Å². The number of aryl methyl sites for hydroxylation is 2. The van der Waals surface area contributed by atoms with Crippen molar-refractivity contribution in [2.24, 2.45) is 5.92 Å². The van der Waals surface area contributed by atoms with E-state index in [4.69, 9.17) is 12.2 Å². The predicted octanol–water partition coefficient (Wildman–Crippen LogP) is 3.08. The summed E-state index contributed by atoms with van der Waals surface area (Å²) >= 11 is 7.27. The van der Waals surface area contributed by atoms with Crippen LogP contribution in [-0.4, -0.2) is 29.2 Å². The third kappa shape index (κ3) is 1.49. The number of hydrogen-bond acceptors (Lipinski definition) is 5. The Balaban J connectivity index is 2.10. The summed E-state index contributed by atoms with van der Waals surface area (Å²) in [5.41, 5.74) is 2.33. The average Bonchev–Trinajstić information content (AvgIpc) is 3.13. The smallest absolute Gasteiger partial charge is 0.249 e. The average molecular weight is 330 g/mol. The minimum Gasteiger partial charge on any atom is -0.249 e. The molecule has 0 spiro atoms. The number of H-pyrrole nitrogens is 1. The predicted molar refractivity (Wildman–Crippen MR) is 88.2 cm³/mol. The van der Waals surface area contributed by atoms with Crippen molar-refractivity contribution in [3.63, 3.8) is 0 Å². The quantitative estimate of drug-likeness (QED) is 0.503. The van der Waals surface area contributed by atoms with Gasteiger partial charge in [-0.05, 0) is 49.9 Å². The van der Waals surface area contributed by atoms with Crippen molar-refractivity contribution in [1.82, 2.24) is 29.2 Å². The van der Waals surface area contributed by atoms with E-state index in [-0.39, 0.29) is 0 Å². The van der Waals surface area contributed by atoms with Crippen LogP contribution in [0.25, 0.3) is 21.6 Å². The molecule has 1 atom stereocenters. The number of nitrogens with one attached hydrogen (secondary N) is 1. The second-order valence-corrected chi connectivity index (χ2v) is 7.56. The second kappa shape index (κ2) is 4.14. The molecular weight excluding hydrogens is 316 g/mol. The molecule has 4 aromatic heterocycles. The Morgan fingerprint density at radius 1 is 1.41 bits per heavy atom. The lowest BCUT2D eigenvalue weighted by Gasteiger charge is -2.17. The van der Waals surface area contributed by atoms with Gasteiger partial charge >= 0.3 is 0 Å². The lowest BCUT2D eigenvalue weighted by atomic mass is 9.89. The number of fused-ring (bicyclic) bond motifs is 8. The summed E-state index contributed by atoms with van der Waals surface area (Å²) in [5, 5.41) is 13.0. The van der Waals surface area contributed by atoms with Gasteiger partial charge in [-0.3, -0.25) is 0 Å². The molecule has 0 aromatic carbocycles. The maximum absolute atomic E-state index is 5.44. The summed E-state index contributed by atoms with van der Waals surface area (Å²) in [6, 6.07) is 0. The van der Waals surface area contributed by atoms with Gasteiger partial charge in [-0.25, -0.2) is 14.5 Å². The van der Waals surface area contributed by atoms with Crippen LogP contribution in [0.4, 0.5) is 0 Å². The fourth-order valence-electron chi connectivity index (χ4n) is 3.46. The summed E-state index contributed by atoms with van der Waals surface area (Å²) in [6.45, 7) is 4.23. The first-order valence-corrected chi connectivity index (χ1v) is 8.62. The third-order valence-corrected chi connectivity index (χ3v) is 6.02. The zero-order chi connectivity index (χ0) is 15.0. The fourth-order valence-corrected chi connectivity index (χ4v) is 5.08. The number of nitrogens with zero attached hydrogens (tertiary/aromatic N) is 5. The van der Waals surface area contributed by atoms with E-state index in [0.717, 1.165) is 29.1 Å². The number of rotatable bonds is 0. The molecule has 0 radical (unpaired) electrons. The van der Waals surface area contributed by atoms with Crippen molar-refractivity contribution >= 4 is 45.2 Å². The van der Waals surface area contributed by atoms with E-state index in [1.54, 1.807) is 0 Å². The Hall–Kier alpha value is -1.80. The molecule has 0 bridgehead atoms. The largest absolute Gasteiger partial charge is 0.257 e. The molecule has 1 aliphatic carbocycles. The fraction of sp³-hybridized carbons (Fsp3) is 0.429. The van der Waals surface area contributed by atoms with Crippen molar-refractivity contribution in [3.05, 3.63) is 21.0 Å². The molecule has 8 heteroatoms. The molecular formula is C14H14N6S2. The molecule has 0 fully saturated rings. The summed E-state index contributed by atoms with van der Waals surface area (Å²) < 4.78 is 4.43. The van der Waals surface area contributed by atoms with Crippen LogP contribution in [0.3, 0.4) is 0 Å². The highest BCUT2D eigenvalue weighted by molar-refractivity contribution is 7.71. The van der Waals surface area contributed by atoms with Gasteiger partial charge < -0.3 is 0 Å². The molecule has 6 nitrogen and oxygen atoms in total. The monoisotopic (exact) mass is 330 g/mol. The molecule has 22 heavy (non-hydrogen) atoms. The summed E-state index contributed by atoms with van der Waals surface area (Å²) in [7, 11) is 0. The van der Waals surface area contributed by atoms with Crippen LogP contribution in [0.2, 0.25) is 0 Å². The highest BCUT2D eigenvalue weighted by atomic mass is 32.1. The molecule has 0 saturated heterocycles. The summed E-state index contributed by atoms with van der Waals surface area (Å²) in [4.78, 5) is 7.27. The van der Waals surface area contributed by atoms with Gasteiger partial charge in [0.1, 0.15) is 10.7 Å². The van der Waals surface area contributed by atoms with Crippen molar-refractivity contribution in [2.45, 2.75) is 33.1 Å². The molecule has 0 amide bonds. The van der Waals surface area contributed by atoms with Gasteiger partial charge in [-0.1, -0.05) is 6.92 Å². The molecule has 1 aliphatic rings. The van der Waals surface area contributed by atoms with E-state index >= 15 is 0 Å². The first-order chi connectivity index (χ1) is 10.6. The lowest BCUT2D eigenvalue weighted by molar-refractivity contribution is 0.508. The normalized spacial score (nSPS) is 18.5. The van der Waals surface area contributed by atoms with E-state index in [9.17, 15) is 0 Å². The highest BCUT2D eigenvalue weighted by Gasteiger charge is 2.25. The van der Waals surface area contributed by atoms with Crippen molar-refractivity contribution in [1.29, 1.82) is 0 Å². The van der Waals surface area contributed by atoms with Crippen molar-refractivity contribution < 1.29 is 0 Å². The number of aromatic nitrogens is 6. The number of hydrogen-bond donors (Lipinski definition) is 1. The third-order valence-electron chi connectivity index (χ3n) is 4.47. The van der Waals surface area contributed by atoms with E-state index < -0.39 is 0 Å². The van der Waals surface area contributed by atoms with Gasteiger partial charge in [0.05, 0.1) is 5.39 Å². The van der Waals surface area contributed by atoms with Crippen LogP contribution in [0.5, 0.6) is 0 Å². The maximum Gasteiger partial charge on any atom is 0.257 e. The Morgan fingerprint density at radius 3 is 3.14 bits per heavy atom. The molecule has 112 valence electrons. The van der Waals surface area contributed by atoms with E-state index in [0.29, 0.717) is 16.5 Å². The topological polar surface area (TPSA) is 63.3 Å². The first kappa shape index (κ1) is 12.7. The Kier molecular flexibility index (Phi) is 2.39. The standard InChI is InChI=1S/C14H14N6S2/c1-6-3-4-9-8(5-6)10-11-15-7(2)18-20(11)13-16-17-14(21)19(13)12(10)22-9/h6H,3-5H2,1-2H3,(H,17,21)/t6-/m0/s1. The highest BCUT2D eigenvalue weighted by Crippen LogP contribution is 2.40. The van der Waals surface area contributed by atoms with Crippen LogP contribution < -0.4 is 0 Å². The van der Waals surface area contributed by atoms with Crippen LogP contribution >= 0.6 is 23.6 Å². The second-order valence-electron chi connectivity index (χ2n) is 6.09. The Labute approximate surface area is 134 Å². The minimum atomic E-state index is 0.613.